The number of likely N-dealkylation sites (N-methyl/N-ethyl adjacent to an activating group) is 1. The molecule has 6 heteroatoms. The number of nitrogens with one attached hydrogen (secondary N) is 1. The second kappa shape index (κ2) is 7.36. The number of aliphatic hydroxyl groups is 1. The number of amides is 2. The van der Waals surface area contributed by atoms with Gasteiger partial charge in [0.25, 0.3) is 0 Å². The van der Waals surface area contributed by atoms with Gasteiger partial charge in [0.1, 0.15) is 11.6 Å². The maximum Gasteiger partial charge on any atom is 0.317 e. The molecule has 1 aromatic rings. The molecule has 2 N–H and O–H groups in total. The molecule has 0 radical (unpaired) electrons. The van der Waals surface area contributed by atoms with Gasteiger partial charge in [0.05, 0.1) is 12.1 Å². The van der Waals surface area contributed by atoms with E-state index in [1.54, 1.807) is 20.8 Å². The summed E-state index contributed by atoms with van der Waals surface area (Å²) in [5.74, 6) is -0.996. The smallest absolute Gasteiger partial charge is 0.317 e. The first kappa shape index (κ1) is 17.4. The molecule has 4 nitrogen and oxygen atoms in total. The fraction of sp³-hybridized carbons (Fsp3) is 0.533. The minimum Gasteiger partial charge on any atom is -0.389 e. The molecule has 0 aromatic heterocycles. The lowest BCUT2D eigenvalue weighted by Gasteiger charge is -2.28. The monoisotopic (exact) mass is 300 g/mol. The Kier molecular flexibility index (Phi) is 6.08. The van der Waals surface area contributed by atoms with Gasteiger partial charge in [0.2, 0.25) is 0 Å². The zero-order chi connectivity index (χ0) is 16.0. The third-order valence-corrected chi connectivity index (χ3v) is 2.93. The summed E-state index contributed by atoms with van der Waals surface area (Å²) in [4.78, 5) is 13.4. The molecule has 0 aliphatic carbocycles. The molecule has 0 aliphatic rings. The van der Waals surface area contributed by atoms with Crippen molar-refractivity contribution in [1.29, 1.82) is 0 Å². The number of hydrogen-bond acceptors (Lipinski definition) is 2. The van der Waals surface area contributed by atoms with Gasteiger partial charge in [0, 0.05) is 13.1 Å². The number of nitrogens with zero attached hydrogens (tertiary/aromatic N) is 1. The summed E-state index contributed by atoms with van der Waals surface area (Å²) in [5.41, 5.74) is -0.761. The SMILES string of the molecule is CCN(CC(C)(C)O)C(=O)NCCc1cc(F)ccc1F. The molecule has 0 unspecified atom stereocenters. The van der Waals surface area contributed by atoms with E-state index in [0.29, 0.717) is 6.54 Å². The first-order valence-electron chi connectivity index (χ1n) is 6.92. The van der Waals surface area contributed by atoms with Crippen molar-refractivity contribution >= 4 is 6.03 Å². The molecule has 0 saturated carbocycles. The lowest BCUT2D eigenvalue weighted by atomic mass is 10.1. The van der Waals surface area contributed by atoms with Gasteiger partial charge in [-0.15, -0.1) is 0 Å². The van der Waals surface area contributed by atoms with Crippen LogP contribution in [-0.2, 0) is 6.42 Å². The van der Waals surface area contributed by atoms with Crippen LogP contribution >= 0.6 is 0 Å². The van der Waals surface area contributed by atoms with Gasteiger partial charge in [-0.05, 0) is 51.0 Å². The molecule has 1 aromatic carbocycles. The van der Waals surface area contributed by atoms with E-state index >= 15 is 0 Å². The summed E-state index contributed by atoms with van der Waals surface area (Å²) in [5, 5.41) is 12.4. The van der Waals surface area contributed by atoms with E-state index in [4.69, 9.17) is 0 Å². The number of hydrogen-bond donors (Lipinski definition) is 2. The highest BCUT2D eigenvalue weighted by Gasteiger charge is 2.20. The third-order valence-electron chi connectivity index (χ3n) is 2.93. The molecule has 0 heterocycles. The lowest BCUT2D eigenvalue weighted by molar-refractivity contribution is 0.0480. The standard InChI is InChI=1S/C15H22F2N2O2/c1-4-19(10-15(2,3)21)14(20)18-8-7-11-9-12(16)5-6-13(11)17/h5-6,9,21H,4,7-8,10H2,1-3H3,(H,18,20). The maximum absolute atomic E-state index is 13.4. The van der Waals surface area contributed by atoms with Crippen molar-refractivity contribution in [3.05, 3.63) is 35.4 Å². The Labute approximate surface area is 123 Å². The van der Waals surface area contributed by atoms with Gasteiger partial charge in [-0.25, -0.2) is 13.6 Å². The van der Waals surface area contributed by atoms with Crippen LogP contribution in [0.1, 0.15) is 26.3 Å². The van der Waals surface area contributed by atoms with Crippen molar-refractivity contribution in [2.75, 3.05) is 19.6 Å². The van der Waals surface area contributed by atoms with Crippen molar-refractivity contribution in [1.82, 2.24) is 10.2 Å². The summed E-state index contributed by atoms with van der Waals surface area (Å²) in [6, 6.07) is 2.91. The van der Waals surface area contributed by atoms with E-state index < -0.39 is 17.2 Å². The molecule has 0 bridgehead atoms. The second-order valence-corrected chi connectivity index (χ2v) is 5.54. The summed E-state index contributed by atoms with van der Waals surface area (Å²) in [7, 11) is 0. The van der Waals surface area contributed by atoms with Crippen LogP contribution in [0.2, 0.25) is 0 Å². The zero-order valence-corrected chi connectivity index (χ0v) is 12.6. The van der Waals surface area contributed by atoms with Crippen LogP contribution < -0.4 is 5.32 Å². The molecule has 2 amide bonds. The Balaban J connectivity index is 2.50. The lowest BCUT2D eigenvalue weighted by Crippen LogP contribution is -2.47. The van der Waals surface area contributed by atoms with E-state index in [-0.39, 0.29) is 31.1 Å². The number of carbonyl (C=O) groups excluding carboxylic acids is 1. The zero-order valence-electron chi connectivity index (χ0n) is 12.6. The highest BCUT2D eigenvalue weighted by atomic mass is 19.1. The predicted molar refractivity (Wildman–Crippen MR) is 77.0 cm³/mol. The molecule has 118 valence electrons. The van der Waals surface area contributed by atoms with E-state index in [2.05, 4.69) is 5.32 Å². The van der Waals surface area contributed by atoms with Gasteiger partial charge in [0.15, 0.2) is 0 Å². The third kappa shape index (κ3) is 6.08. The first-order valence-corrected chi connectivity index (χ1v) is 6.92. The Bertz CT molecular complexity index is 487. The van der Waals surface area contributed by atoms with Crippen LogP contribution in [0.25, 0.3) is 0 Å². The predicted octanol–water partition coefficient (Wildman–Crippen LogP) is 2.31. The Morgan fingerprint density at radius 1 is 1.38 bits per heavy atom. The van der Waals surface area contributed by atoms with Gasteiger partial charge in [-0.1, -0.05) is 0 Å². The molecule has 0 fully saturated rings. The summed E-state index contributed by atoms with van der Waals surface area (Å²) in [6.45, 7) is 5.88. The van der Waals surface area contributed by atoms with Gasteiger partial charge >= 0.3 is 6.03 Å². The minimum atomic E-state index is -0.984. The number of rotatable bonds is 6. The van der Waals surface area contributed by atoms with Crippen LogP contribution in [0.4, 0.5) is 13.6 Å². The van der Waals surface area contributed by atoms with E-state index in [9.17, 15) is 18.7 Å². The number of urea groups is 1. The van der Waals surface area contributed by atoms with Crippen molar-refractivity contribution < 1.29 is 18.7 Å². The quantitative estimate of drug-likeness (QED) is 0.847. The van der Waals surface area contributed by atoms with Crippen molar-refractivity contribution in [3.8, 4) is 0 Å². The van der Waals surface area contributed by atoms with Crippen LogP contribution in [0.3, 0.4) is 0 Å². The highest BCUT2D eigenvalue weighted by molar-refractivity contribution is 5.74. The maximum atomic E-state index is 13.4. The van der Waals surface area contributed by atoms with Crippen molar-refractivity contribution in [2.45, 2.75) is 32.8 Å². The average Bonchev–Trinajstić information content (AvgIpc) is 2.38. The molecule has 0 spiro atoms. The Hall–Kier alpha value is -1.69. The van der Waals surface area contributed by atoms with E-state index in [1.165, 1.54) is 4.90 Å². The fourth-order valence-corrected chi connectivity index (χ4v) is 1.95. The normalized spacial score (nSPS) is 11.3. The molecular formula is C15H22F2N2O2. The van der Waals surface area contributed by atoms with Crippen LogP contribution in [0, 0.1) is 11.6 Å². The molecular weight excluding hydrogens is 278 g/mol. The summed E-state index contributed by atoms with van der Waals surface area (Å²) in [6.07, 6.45) is 0.204. The van der Waals surface area contributed by atoms with Gasteiger partial charge in [-0.2, -0.15) is 0 Å². The van der Waals surface area contributed by atoms with Gasteiger partial charge < -0.3 is 15.3 Å². The van der Waals surface area contributed by atoms with E-state index in [0.717, 1.165) is 18.2 Å². The average molecular weight is 300 g/mol. The number of carbonyl (C=O) groups is 1. The molecule has 0 saturated heterocycles. The summed E-state index contributed by atoms with van der Waals surface area (Å²) >= 11 is 0. The molecule has 1 rings (SSSR count). The van der Waals surface area contributed by atoms with E-state index in [1.807, 2.05) is 0 Å². The van der Waals surface area contributed by atoms with Crippen molar-refractivity contribution in [3.63, 3.8) is 0 Å². The van der Waals surface area contributed by atoms with Crippen LogP contribution in [0.5, 0.6) is 0 Å². The van der Waals surface area contributed by atoms with Crippen LogP contribution in [0.15, 0.2) is 18.2 Å². The molecule has 21 heavy (non-hydrogen) atoms. The highest BCUT2D eigenvalue weighted by Crippen LogP contribution is 2.10. The largest absolute Gasteiger partial charge is 0.389 e. The second-order valence-electron chi connectivity index (χ2n) is 5.54. The van der Waals surface area contributed by atoms with Crippen LogP contribution in [-0.4, -0.2) is 41.3 Å². The minimum absolute atomic E-state index is 0.196. The first-order chi connectivity index (χ1) is 9.73. The number of halogens is 2. The summed E-state index contributed by atoms with van der Waals surface area (Å²) < 4.78 is 26.4. The Morgan fingerprint density at radius 3 is 2.62 bits per heavy atom. The Morgan fingerprint density at radius 2 is 2.05 bits per heavy atom. The van der Waals surface area contributed by atoms with Crippen molar-refractivity contribution in [2.24, 2.45) is 0 Å². The molecule has 0 atom stereocenters. The number of benzene rings is 1. The molecule has 0 aliphatic heterocycles. The van der Waals surface area contributed by atoms with Gasteiger partial charge in [-0.3, -0.25) is 0 Å². The topological polar surface area (TPSA) is 52.6 Å². The fourth-order valence-electron chi connectivity index (χ4n) is 1.95.